The fourth-order valence-electron chi connectivity index (χ4n) is 2.85. The molecule has 0 aromatic carbocycles. The highest BCUT2D eigenvalue weighted by atomic mass is 15.2. The Morgan fingerprint density at radius 2 is 1.92 bits per heavy atom. The van der Waals surface area contributed by atoms with Crippen molar-refractivity contribution in [2.75, 3.05) is 6.54 Å². The fourth-order valence-corrected chi connectivity index (χ4v) is 2.85. The van der Waals surface area contributed by atoms with Gasteiger partial charge in [0.1, 0.15) is 0 Å². The van der Waals surface area contributed by atoms with Crippen LogP contribution in [0, 0.1) is 5.92 Å². The second-order valence-corrected chi connectivity index (χ2v) is 5.01. The van der Waals surface area contributed by atoms with Crippen LogP contribution in [0.4, 0.5) is 0 Å². The summed E-state index contributed by atoms with van der Waals surface area (Å²) in [6.45, 7) is 5.93. The van der Waals surface area contributed by atoms with E-state index in [1.54, 1.807) is 0 Å². The molecule has 2 rings (SSSR count). The van der Waals surface area contributed by atoms with E-state index in [0.29, 0.717) is 12.1 Å². The number of rotatable bonds is 1. The topological polar surface area (TPSA) is 29.3 Å². The third-order valence-electron chi connectivity index (χ3n) is 3.91. The summed E-state index contributed by atoms with van der Waals surface area (Å²) in [5, 5.41) is 0. The van der Waals surface area contributed by atoms with Gasteiger partial charge in [-0.3, -0.25) is 4.90 Å². The lowest BCUT2D eigenvalue weighted by molar-refractivity contribution is 0.0239. The molecule has 0 radical (unpaired) electrons. The number of piperidine rings is 1. The minimum atomic E-state index is 0.421. The molecule has 1 aliphatic carbocycles. The molecule has 0 aromatic rings. The van der Waals surface area contributed by atoms with Gasteiger partial charge in [0.25, 0.3) is 0 Å². The standard InChI is InChI=1S/C11H22N2/c1-8-6-10(7-8)13-5-3-4-11(12)9(13)2/h8-11H,3-7,12H2,1-2H3/t8?,9-,10?,11-/m1/s1. The third kappa shape index (κ3) is 1.75. The summed E-state index contributed by atoms with van der Waals surface area (Å²) in [7, 11) is 0. The molecule has 76 valence electrons. The molecule has 0 spiro atoms. The van der Waals surface area contributed by atoms with Crippen molar-refractivity contribution >= 4 is 0 Å². The Hall–Kier alpha value is -0.0800. The van der Waals surface area contributed by atoms with Crippen LogP contribution in [0.2, 0.25) is 0 Å². The molecule has 2 aliphatic rings. The molecule has 2 nitrogen and oxygen atoms in total. The Morgan fingerprint density at radius 3 is 2.54 bits per heavy atom. The van der Waals surface area contributed by atoms with Gasteiger partial charge in [-0.1, -0.05) is 6.92 Å². The summed E-state index contributed by atoms with van der Waals surface area (Å²) < 4.78 is 0. The van der Waals surface area contributed by atoms with Crippen LogP contribution in [-0.4, -0.2) is 29.6 Å². The van der Waals surface area contributed by atoms with E-state index in [9.17, 15) is 0 Å². The zero-order chi connectivity index (χ0) is 9.42. The van der Waals surface area contributed by atoms with Crippen LogP contribution in [-0.2, 0) is 0 Å². The molecular formula is C11H22N2. The van der Waals surface area contributed by atoms with Gasteiger partial charge >= 0.3 is 0 Å². The van der Waals surface area contributed by atoms with Crippen LogP contribution in [0.15, 0.2) is 0 Å². The molecular weight excluding hydrogens is 160 g/mol. The van der Waals surface area contributed by atoms with Crippen LogP contribution in [0.5, 0.6) is 0 Å². The van der Waals surface area contributed by atoms with Crippen molar-refractivity contribution in [2.24, 2.45) is 11.7 Å². The van der Waals surface area contributed by atoms with Gasteiger partial charge in [0.2, 0.25) is 0 Å². The van der Waals surface area contributed by atoms with Gasteiger partial charge in [-0.2, -0.15) is 0 Å². The van der Waals surface area contributed by atoms with Gasteiger partial charge in [0.05, 0.1) is 0 Å². The molecule has 1 saturated carbocycles. The average molecular weight is 182 g/mol. The molecule has 1 aliphatic heterocycles. The van der Waals surface area contributed by atoms with Gasteiger partial charge in [-0.15, -0.1) is 0 Å². The van der Waals surface area contributed by atoms with Crippen molar-refractivity contribution < 1.29 is 0 Å². The summed E-state index contributed by atoms with van der Waals surface area (Å²) in [4.78, 5) is 2.65. The van der Waals surface area contributed by atoms with Crippen LogP contribution in [0.25, 0.3) is 0 Å². The van der Waals surface area contributed by atoms with E-state index in [4.69, 9.17) is 5.73 Å². The van der Waals surface area contributed by atoms with Crippen molar-refractivity contribution in [1.29, 1.82) is 0 Å². The Labute approximate surface area is 81.5 Å². The molecule has 0 unspecified atom stereocenters. The number of nitrogens with two attached hydrogens (primary N) is 1. The van der Waals surface area contributed by atoms with E-state index in [2.05, 4.69) is 18.7 Å². The maximum Gasteiger partial charge on any atom is 0.0221 e. The third-order valence-corrected chi connectivity index (χ3v) is 3.91. The molecule has 2 fully saturated rings. The smallest absolute Gasteiger partial charge is 0.0221 e. The normalized spacial score (nSPS) is 47.3. The Kier molecular flexibility index (Phi) is 2.61. The second kappa shape index (κ2) is 3.58. The van der Waals surface area contributed by atoms with E-state index < -0.39 is 0 Å². The van der Waals surface area contributed by atoms with Gasteiger partial charge < -0.3 is 5.73 Å². The van der Waals surface area contributed by atoms with E-state index in [-0.39, 0.29) is 0 Å². The van der Waals surface area contributed by atoms with Gasteiger partial charge in [-0.25, -0.2) is 0 Å². The van der Waals surface area contributed by atoms with Gasteiger partial charge in [0, 0.05) is 18.1 Å². The lowest BCUT2D eigenvalue weighted by Crippen LogP contribution is -2.57. The molecule has 2 atom stereocenters. The molecule has 1 heterocycles. The minimum Gasteiger partial charge on any atom is -0.326 e. The first kappa shape index (κ1) is 9.47. The van der Waals surface area contributed by atoms with Crippen LogP contribution < -0.4 is 5.73 Å². The Balaban J connectivity index is 1.90. The predicted molar refractivity (Wildman–Crippen MR) is 55.6 cm³/mol. The van der Waals surface area contributed by atoms with Crippen LogP contribution >= 0.6 is 0 Å². The predicted octanol–water partition coefficient (Wildman–Crippen LogP) is 1.60. The fraction of sp³-hybridized carbons (Fsp3) is 1.00. The lowest BCUT2D eigenvalue weighted by atomic mass is 9.79. The largest absolute Gasteiger partial charge is 0.326 e. The minimum absolute atomic E-state index is 0.421. The summed E-state index contributed by atoms with van der Waals surface area (Å²) in [5.41, 5.74) is 6.08. The molecule has 13 heavy (non-hydrogen) atoms. The highest BCUT2D eigenvalue weighted by molar-refractivity contribution is 4.92. The zero-order valence-electron chi connectivity index (χ0n) is 8.87. The van der Waals surface area contributed by atoms with E-state index in [1.165, 1.54) is 32.2 Å². The highest BCUT2D eigenvalue weighted by Gasteiger charge is 2.36. The quantitative estimate of drug-likeness (QED) is 0.667. The molecule has 0 bridgehead atoms. The number of hydrogen-bond acceptors (Lipinski definition) is 2. The van der Waals surface area contributed by atoms with Crippen molar-refractivity contribution in [2.45, 2.75) is 57.7 Å². The SMILES string of the molecule is CC1CC(N2CCC[C@@H](N)[C@H]2C)C1. The van der Waals surface area contributed by atoms with Gasteiger partial charge in [0.15, 0.2) is 0 Å². The summed E-state index contributed by atoms with van der Waals surface area (Å²) in [5.74, 6) is 0.954. The molecule has 2 heteroatoms. The van der Waals surface area contributed by atoms with Crippen LogP contribution in [0.1, 0.15) is 39.5 Å². The zero-order valence-corrected chi connectivity index (χ0v) is 8.87. The average Bonchev–Trinajstić information content (AvgIpc) is 2.05. The Morgan fingerprint density at radius 1 is 1.23 bits per heavy atom. The lowest BCUT2D eigenvalue weighted by Gasteiger charge is -2.48. The van der Waals surface area contributed by atoms with Crippen molar-refractivity contribution in [3.63, 3.8) is 0 Å². The summed E-state index contributed by atoms with van der Waals surface area (Å²) >= 11 is 0. The highest BCUT2D eigenvalue weighted by Crippen LogP contribution is 2.34. The number of likely N-dealkylation sites (tertiary alicyclic amines) is 1. The first-order valence-electron chi connectivity index (χ1n) is 5.70. The van der Waals surface area contributed by atoms with Gasteiger partial charge in [-0.05, 0) is 45.1 Å². The first-order chi connectivity index (χ1) is 6.18. The monoisotopic (exact) mass is 182 g/mol. The number of hydrogen-bond donors (Lipinski definition) is 1. The molecule has 1 saturated heterocycles. The van der Waals surface area contributed by atoms with E-state index in [1.807, 2.05) is 0 Å². The molecule has 0 amide bonds. The second-order valence-electron chi connectivity index (χ2n) is 5.01. The first-order valence-corrected chi connectivity index (χ1v) is 5.70. The van der Waals surface area contributed by atoms with E-state index >= 15 is 0 Å². The van der Waals surface area contributed by atoms with Crippen molar-refractivity contribution in [3.05, 3.63) is 0 Å². The number of nitrogens with zero attached hydrogens (tertiary/aromatic N) is 1. The molecule has 2 N–H and O–H groups in total. The van der Waals surface area contributed by atoms with Crippen LogP contribution in [0.3, 0.4) is 0 Å². The van der Waals surface area contributed by atoms with Crippen molar-refractivity contribution in [3.8, 4) is 0 Å². The van der Waals surface area contributed by atoms with Crippen molar-refractivity contribution in [1.82, 2.24) is 4.90 Å². The summed E-state index contributed by atoms with van der Waals surface area (Å²) in [6, 6.07) is 1.90. The maximum absolute atomic E-state index is 6.08. The maximum atomic E-state index is 6.08. The summed E-state index contributed by atoms with van der Waals surface area (Å²) in [6.07, 6.45) is 5.32. The Bertz CT molecular complexity index is 175. The molecule has 0 aromatic heterocycles. The van der Waals surface area contributed by atoms with E-state index in [0.717, 1.165) is 12.0 Å².